The van der Waals surface area contributed by atoms with Crippen LogP contribution in [0.15, 0.2) is 59.8 Å². The zero-order valence-corrected chi connectivity index (χ0v) is 15.5. The zero-order chi connectivity index (χ0) is 20.3. The van der Waals surface area contributed by atoms with Gasteiger partial charge in [0.05, 0.1) is 5.25 Å². The third-order valence-corrected chi connectivity index (χ3v) is 4.90. The predicted octanol–water partition coefficient (Wildman–Crippen LogP) is 3.80. The Morgan fingerprint density at radius 1 is 1.11 bits per heavy atom. The number of benzene rings is 2. The second-order valence-electron chi connectivity index (χ2n) is 5.83. The topological polar surface area (TPSA) is 85.8 Å². The minimum absolute atomic E-state index is 0.202. The molecule has 0 saturated carbocycles. The van der Waals surface area contributed by atoms with Gasteiger partial charge in [-0.1, -0.05) is 60.3 Å². The molecule has 10 heteroatoms. The minimum Gasteiger partial charge on any atom is -0.335 e. The number of thioether (sulfide) groups is 1. The van der Waals surface area contributed by atoms with Crippen molar-refractivity contribution < 1.29 is 18.0 Å². The lowest BCUT2D eigenvalue weighted by Crippen LogP contribution is -2.25. The molecule has 0 unspecified atom stereocenters. The number of nitrogens with zero attached hydrogens (tertiary/aromatic N) is 3. The fourth-order valence-corrected chi connectivity index (χ4v) is 3.23. The van der Waals surface area contributed by atoms with Gasteiger partial charge in [0.25, 0.3) is 5.82 Å². The Balaban J connectivity index is 1.75. The lowest BCUT2D eigenvalue weighted by molar-refractivity contribution is -0.146. The van der Waals surface area contributed by atoms with Crippen LogP contribution in [0.1, 0.15) is 12.7 Å². The van der Waals surface area contributed by atoms with Gasteiger partial charge in [-0.2, -0.15) is 13.2 Å². The molecule has 0 fully saturated rings. The van der Waals surface area contributed by atoms with E-state index in [1.165, 1.54) is 0 Å². The van der Waals surface area contributed by atoms with Crippen LogP contribution in [-0.4, -0.2) is 26.0 Å². The highest BCUT2D eigenvalue weighted by Gasteiger charge is 2.38. The van der Waals surface area contributed by atoms with E-state index in [0.29, 0.717) is 10.4 Å². The maximum atomic E-state index is 12.8. The largest absolute Gasteiger partial charge is 0.453 e. The van der Waals surface area contributed by atoms with Crippen molar-refractivity contribution in [2.24, 2.45) is 0 Å². The number of amides is 1. The molecular weight excluding hydrogens is 391 g/mol. The molecule has 2 aromatic carbocycles. The molecule has 28 heavy (non-hydrogen) atoms. The van der Waals surface area contributed by atoms with Gasteiger partial charge in [0.15, 0.2) is 0 Å². The SMILES string of the molecule is C[C@H](Sc1nnc(C(F)(F)F)n1N)C(=O)Nc1ccccc1-c1ccccc1. The van der Waals surface area contributed by atoms with Crippen molar-refractivity contribution in [1.29, 1.82) is 0 Å². The van der Waals surface area contributed by atoms with E-state index in [1.54, 1.807) is 19.1 Å². The van der Waals surface area contributed by atoms with Crippen LogP contribution in [0.25, 0.3) is 11.1 Å². The van der Waals surface area contributed by atoms with Crippen molar-refractivity contribution >= 4 is 23.4 Å². The standard InChI is InChI=1S/C18H16F3N5OS/c1-11(28-17-25-24-16(26(17)22)18(19,20)21)15(27)23-14-10-6-5-9-13(14)12-7-3-2-4-8-12/h2-11H,22H2,1H3,(H,23,27)/t11-/m0/s1. The van der Waals surface area contributed by atoms with Crippen molar-refractivity contribution in [3.05, 3.63) is 60.4 Å². The molecule has 0 aliphatic rings. The Hall–Kier alpha value is -3.01. The van der Waals surface area contributed by atoms with Gasteiger partial charge in [-0.05, 0) is 18.6 Å². The number of halogens is 3. The smallest absolute Gasteiger partial charge is 0.335 e. The molecule has 6 nitrogen and oxygen atoms in total. The van der Waals surface area contributed by atoms with E-state index in [0.717, 1.165) is 22.9 Å². The van der Waals surface area contributed by atoms with E-state index in [9.17, 15) is 18.0 Å². The van der Waals surface area contributed by atoms with Crippen LogP contribution in [0.2, 0.25) is 0 Å². The molecule has 0 saturated heterocycles. The summed E-state index contributed by atoms with van der Waals surface area (Å²) in [5.41, 5.74) is 2.35. The van der Waals surface area contributed by atoms with E-state index in [1.807, 2.05) is 42.5 Å². The monoisotopic (exact) mass is 407 g/mol. The average Bonchev–Trinajstić information content (AvgIpc) is 3.03. The molecule has 0 radical (unpaired) electrons. The summed E-state index contributed by atoms with van der Waals surface area (Å²) >= 11 is 0.788. The number of nitrogen functional groups attached to an aromatic ring is 1. The van der Waals surface area contributed by atoms with E-state index in [-0.39, 0.29) is 5.16 Å². The second-order valence-corrected chi connectivity index (χ2v) is 7.14. The number of rotatable bonds is 5. The Bertz CT molecular complexity index is 975. The maximum absolute atomic E-state index is 12.8. The Morgan fingerprint density at radius 2 is 1.75 bits per heavy atom. The normalized spacial score (nSPS) is 12.6. The number of nitrogens with two attached hydrogens (primary N) is 1. The number of hydrogen-bond donors (Lipinski definition) is 2. The summed E-state index contributed by atoms with van der Waals surface area (Å²) in [6.07, 6.45) is -4.72. The van der Waals surface area contributed by atoms with E-state index < -0.39 is 23.2 Å². The van der Waals surface area contributed by atoms with Crippen molar-refractivity contribution in [2.75, 3.05) is 11.2 Å². The lowest BCUT2D eigenvalue weighted by Gasteiger charge is -2.14. The van der Waals surface area contributed by atoms with Crippen molar-refractivity contribution in [1.82, 2.24) is 14.9 Å². The third-order valence-electron chi connectivity index (χ3n) is 3.84. The summed E-state index contributed by atoms with van der Waals surface area (Å²) in [6, 6.07) is 16.8. The molecule has 1 amide bonds. The fourth-order valence-electron chi connectivity index (χ4n) is 2.46. The van der Waals surface area contributed by atoms with Crippen LogP contribution in [0.4, 0.5) is 18.9 Å². The fraction of sp³-hybridized carbons (Fsp3) is 0.167. The van der Waals surface area contributed by atoms with Crippen LogP contribution >= 0.6 is 11.8 Å². The van der Waals surface area contributed by atoms with Crippen LogP contribution < -0.4 is 11.2 Å². The van der Waals surface area contributed by atoms with Crippen LogP contribution in [0.5, 0.6) is 0 Å². The van der Waals surface area contributed by atoms with Gasteiger partial charge in [0, 0.05) is 11.3 Å². The second kappa shape index (κ2) is 7.93. The number of nitrogens with one attached hydrogen (secondary N) is 1. The molecule has 1 aromatic heterocycles. The number of alkyl halides is 3. The van der Waals surface area contributed by atoms with Crippen LogP contribution in [0, 0.1) is 0 Å². The molecule has 3 aromatic rings. The molecule has 3 rings (SSSR count). The first-order chi connectivity index (χ1) is 13.3. The van der Waals surface area contributed by atoms with Crippen LogP contribution in [-0.2, 0) is 11.0 Å². The number of carbonyl (C=O) groups excluding carboxylic acids is 1. The summed E-state index contributed by atoms with van der Waals surface area (Å²) in [5.74, 6) is 3.69. The number of carbonyl (C=O) groups is 1. The molecule has 0 aliphatic carbocycles. The molecule has 0 bridgehead atoms. The van der Waals surface area contributed by atoms with Crippen LogP contribution in [0.3, 0.4) is 0 Å². The highest BCUT2D eigenvalue weighted by molar-refractivity contribution is 8.00. The summed E-state index contributed by atoms with van der Waals surface area (Å²) in [4.78, 5) is 12.6. The van der Waals surface area contributed by atoms with E-state index in [2.05, 4.69) is 15.5 Å². The molecule has 146 valence electrons. The number of aromatic nitrogens is 3. The van der Waals surface area contributed by atoms with Crippen molar-refractivity contribution in [3.63, 3.8) is 0 Å². The Kier molecular flexibility index (Phi) is 5.59. The van der Waals surface area contributed by atoms with Gasteiger partial charge in [-0.25, -0.2) is 4.68 Å². The summed E-state index contributed by atoms with van der Waals surface area (Å²) in [5, 5.41) is 8.32. The highest BCUT2D eigenvalue weighted by atomic mass is 32.2. The molecule has 1 heterocycles. The van der Waals surface area contributed by atoms with Crippen molar-refractivity contribution in [2.45, 2.75) is 23.5 Å². The van der Waals surface area contributed by atoms with E-state index in [4.69, 9.17) is 5.84 Å². The highest BCUT2D eigenvalue weighted by Crippen LogP contribution is 2.31. The molecule has 3 N–H and O–H groups in total. The minimum atomic E-state index is -4.72. The Labute approximate surface area is 162 Å². The maximum Gasteiger partial charge on any atom is 0.453 e. The first kappa shape index (κ1) is 19.7. The van der Waals surface area contributed by atoms with Gasteiger partial charge in [0.1, 0.15) is 0 Å². The lowest BCUT2D eigenvalue weighted by atomic mass is 10.0. The number of anilines is 1. The van der Waals surface area contributed by atoms with Crippen molar-refractivity contribution in [3.8, 4) is 11.1 Å². The first-order valence-electron chi connectivity index (χ1n) is 8.17. The molecule has 0 spiro atoms. The van der Waals surface area contributed by atoms with Gasteiger partial charge < -0.3 is 11.2 Å². The van der Waals surface area contributed by atoms with E-state index >= 15 is 0 Å². The Morgan fingerprint density at radius 3 is 2.39 bits per heavy atom. The third kappa shape index (κ3) is 4.28. The van der Waals surface area contributed by atoms with Gasteiger partial charge in [-0.3, -0.25) is 4.79 Å². The van der Waals surface area contributed by atoms with Gasteiger partial charge >= 0.3 is 6.18 Å². The number of para-hydroxylation sites is 1. The quantitative estimate of drug-likeness (QED) is 0.496. The zero-order valence-electron chi connectivity index (χ0n) is 14.6. The molecule has 1 atom stereocenters. The first-order valence-corrected chi connectivity index (χ1v) is 9.05. The summed E-state index contributed by atoms with van der Waals surface area (Å²) in [6.45, 7) is 1.55. The van der Waals surface area contributed by atoms with Gasteiger partial charge in [-0.15, -0.1) is 10.2 Å². The predicted molar refractivity (Wildman–Crippen MR) is 101 cm³/mol. The average molecular weight is 407 g/mol. The summed E-state index contributed by atoms with van der Waals surface area (Å²) in [7, 11) is 0. The summed E-state index contributed by atoms with van der Waals surface area (Å²) < 4.78 is 38.6. The van der Waals surface area contributed by atoms with Gasteiger partial charge in [0.2, 0.25) is 11.1 Å². The molecular formula is C18H16F3N5OS. The molecule has 0 aliphatic heterocycles. The number of hydrogen-bond acceptors (Lipinski definition) is 5.